The van der Waals surface area contributed by atoms with Gasteiger partial charge in [0, 0.05) is 37.6 Å². The molecule has 2 aromatic heterocycles. The van der Waals surface area contributed by atoms with E-state index in [0.717, 1.165) is 24.9 Å². The monoisotopic (exact) mass is 382 g/mol. The smallest absolute Gasteiger partial charge is 0.250 e. The molecule has 0 aromatic carbocycles. The molecule has 0 amide bonds. The van der Waals surface area contributed by atoms with Gasteiger partial charge in [-0.1, -0.05) is 50.7 Å². The summed E-state index contributed by atoms with van der Waals surface area (Å²) in [7, 11) is 0. The molecule has 0 radical (unpaired) electrons. The van der Waals surface area contributed by atoms with Crippen molar-refractivity contribution in [2.45, 2.75) is 77.3 Å². The largest absolute Gasteiger partial charge is 0.315 e. The van der Waals surface area contributed by atoms with Crippen LogP contribution in [0.15, 0.2) is 58.4 Å². The molecule has 0 saturated heterocycles. The zero-order valence-electron chi connectivity index (χ0n) is 17.0. The maximum Gasteiger partial charge on any atom is 0.250 e. The fraction of sp³-hybridized carbons (Fsp3) is 0.583. The number of hydrogen-bond donors (Lipinski definition) is 0. The Kier molecular flexibility index (Phi) is 8.13. The zero-order valence-corrected chi connectivity index (χ0v) is 17.0. The Morgan fingerprint density at radius 3 is 1.36 bits per heavy atom. The molecule has 2 aliphatic rings. The van der Waals surface area contributed by atoms with Gasteiger partial charge in [0.25, 0.3) is 11.1 Å². The highest BCUT2D eigenvalue weighted by atomic mass is 16.1. The Morgan fingerprint density at radius 1 is 0.607 bits per heavy atom. The highest BCUT2D eigenvalue weighted by Gasteiger charge is 2.14. The summed E-state index contributed by atoms with van der Waals surface area (Å²) in [5.74, 6) is 1.45. The molecule has 2 fully saturated rings. The molecule has 0 N–H and O–H groups in total. The van der Waals surface area contributed by atoms with E-state index in [1.165, 1.54) is 64.2 Å². The second kappa shape index (κ2) is 11.0. The van der Waals surface area contributed by atoms with Gasteiger partial charge >= 0.3 is 0 Å². The summed E-state index contributed by atoms with van der Waals surface area (Å²) in [5, 5.41) is 0. The van der Waals surface area contributed by atoms with Gasteiger partial charge in [-0.2, -0.15) is 0 Å². The van der Waals surface area contributed by atoms with E-state index in [1.807, 2.05) is 33.7 Å². The molecule has 2 heterocycles. The van der Waals surface area contributed by atoms with Crippen molar-refractivity contribution in [3.8, 4) is 0 Å². The van der Waals surface area contributed by atoms with E-state index in [0.29, 0.717) is 0 Å². The Bertz CT molecular complexity index is 742. The Morgan fingerprint density at radius 2 is 1.00 bits per heavy atom. The molecule has 4 rings (SSSR count). The molecule has 0 spiro atoms. The summed E-state index contributed by atoms with van der Waals surface area (Å²) >= 11 is 0. The van der Waals surface area contributed by atoms with Gasteiger partial charge in [-0.3, -0.25) is 9.59 Å². The third kappa shape index (κ3) is 6.50. The van der Waals surface area contributed by atoms with Gasteiger partial charge in [0.05, 0.1) is 0 Å². The van der Waals surface area contributed by atoms with Crippen LogP contribution in [0.25, 0.3) is 0 Å². The first-order chi connectivity index (χ1) is 13.7. The third-order valence-corrected chi connectivity index (χ3v) is 6.16. The highest BCUT2D eigenvalue weighted by molar-refractivity contribution is 4.94. The topological polar surface area (TPSA) is 44.0 Å². The van der Waals surface area contributed by atoms with Gasteiger partial charge in [0.1, 0.15) is 0 Å². The number of hydrogen-bond acceptors (Lipinski definition) is 2. The van der Waals surface area contributed by atoms with Crippen LogP contribution in [0.5, 0.6) is 0 Å². The second-order valence-corrected chi connectivity index (χ2v) is 8.39. The molecule has 0 bridgehead atoms. The average molecular weight is 383 g/mol. The molecule has 4 heteroatoms. The van der Waals surface area contributed by atoms with E-state index in [2.05, 4.69) is 0 Å². The molecule has 2 aromatic rings. The first-order valence-corrected chi connectivity index (χ1v) is 11.0. The zero-order chi connectivity index (χ0) is 19.6. The molecular weight excluding hydrogens is 348 g/mol. The lowest BCUT2D eigenvalue weighted by Gasteiger charge is -2.22. The molecule has 0 aliphatic heterocycles. The van der Waals surface area contributed by atoms with E-state index in [-0.39, 0.29) is 11.1 Å². The van der Waals surface area contributed by atoms with Crippen molar-refractivity contribution in [1.29, 1.82) is 0 Å². The summed E-state index contributed by atoms with van der Waals surface area (Å²) in [4.78, 5) is 22.9. The predicted molar refractivity (Wildman–Crippen MR) is 115 cm³/mol. The fourth-order valence-corrected chi connectivity index (χ4v) is 4.52. The van der Waals surface area contributed by atoms with Crippen LogP contribution in [-0.4, -0.2) is 9.13 Å². The fourth-order valence-electron chi connectivity index (χ4n) is 4.52. The summed E-state index contributed by atoms with van der Waals surface area (Å²) in [6.07, 6.45) is 17.1. The molecule has 0 atom stereocenters. The van der Waals surface area contributed by atoms with Crippen LogP contribution < -0.4 is 11.1 Å². The maximum atomic E-state index is 11.5. The van der Waals surface area contributed by atoms with E-state index in [4.69, 9.17) is 0 Å². The number of rotatable bonds is 4. The van der Waals surface area contributed by atoms with Crippen molar-refractivity contribution in [1.82, 2.24) is 9.13 Å². The van der Waals surface area contributed by atoms with E-state index in [1.54, 1.807) is 24.3 Å². The lowest BCUT2D eigenvalue weighted by atomic mass is 9.89. The number of aromatic nitrogens is 2. The first kappa shape index (κ1) is 20.6. The van der Waals surface area contributed by atoms with Crippen molar-refractivity contribution in [2.24, 2.45) is 11.8 Å². The molecule has 2 saturated carbocycles. The third-order valence-electron chi connectivity index (χ3n) is 6.16. The van der Waals surface area contributed by atoms with Gasteiger partial charge in [0.2, 0.25) is 0 Å². The minimum absolute atomic E-state index is 0.137. The molecule has 28 heavy (non-hydrogen) atoms. The van der Waals surface area contributed by atoms with Crippen LogP contribution in [0, 0.1) is 11.8 Å². The quantitative estimate of drug-likeness (QED) is 0.758. The molecule has 4 nitrogen and oxygen atoms in total. The van der Waals surface area contributed by atoms with Gasteiger partial charge in [-0.05, 0) is 49.7 Å². The van der Waals surface area contributed by atoms with Crippen LogP contribution in [0.2, 0.25) is 0 Å². The Hall–Kier alpha value is -2.10. The van der Waals surface area contributed by atoms with Crippen molar-refractivity contribution in [2.75, 3.05) is 0 Å². The second-order valence-electron chi connectivity index (χ2n) is 8.39. The lowest BCUT2D eigenvalue weighted by Crippen LogP contribution is -2.23. The minimum atomic E-state index is 0.137. The van der Waals surface area contributed by atoms with Gasteiger partial charge in [-0.15, -0.1) is 0 Å². The SMILES string of the molecule is O=c1ccccn1CC1CCCCC1.O=c1ccccn1CC1CCCCC1. The van der Waals surface area contributed by atoms with Crippen molar-refractivity contribution in [3.63, 3.8) is 0 Å². The summed E-state index contributed by atoms with van der Waals surface area (Å²) in [6, 6.07) is 10.8. The minimum Gasteiger partial charge on any atom is -0.315 e. The maximum absolute atomic E-state index is 11.5. The van der Waals surface area contributed by atoms with Crippen LogP contribution in [0.1, 0.15) is 64.2 Å². The van der Waals surface area contributed by atoms with Crippen LogP contribution in [-0.2, 0) is 13.1 Å². The van der Waals surface area contributed by atoms with Gasteiger partial charge in [-0.25, -0.2) is 0 Å². The number of nitrogens with zero attached hydrogens (tertiary/aromatic N) is 2. The van der Waals surface area contributed by atoms with Crippen molar-refractivity contribution < 1.29 is 0 Å². The Balaban J connectivity index is 0.000000161. The highest BCUT2D eigenvalue weighted by Crippen LogP contribution is 2.25. The first-order valence-electron chi connectivity index (χ1n) is 11.0. The molecule has 2 aliphatic carbocycles. The molecular formula is C24H34N2O2. The average Bonchev–Trinajstić information content (AvgIpc) is 2.74. The summed E-state index contributed by atoms with van der Waals surface area (Å²) < 4.78 is 3.69. The van der Waals surface area contributed by atoms with Gasteiger partial charge in [0.15, 0.2) is 0 Å². The van der Waals surface area contributed by atoms with Crippen molar-refractivity contribution >= 4 is 0 Å². The molecule has 152 valence electrons. The predicted octanol–water partition coefficient (Wildman–Crippen LogP) is 4.86. The van der Waals surface area contributed by atoms with E-state index in [9.17, 15) is 9.59 Å². The standard InChI is InChI=1S/2C12H17NO/c2*14-12-8-4-5-9-13(12)10-11-6-2-1-3-7-11/h2*4-5,8-9,11H,1-3,6-7,10H2. The normalized spacial score (nSPS) is 18.3. The van der Waals surface area contributed by atoms with Crippen LogP contribution in [0.3, 0.4) is 0 Å². The number of pyridine rings is 2. The van der Waals surface area contributed by atoms with Gasteiger partial charge < -0.3 is 9.13 Å². The van der Waals surface area contributed by atoms with Crippen LogP contribution in [0.4, 0.5) is 0 Å². The van der Waals surface area contributed by atoms with E-state index < -0.39 is 0 Å². The lowest BCUT2D eigenvalue weighted by molar-refractivity contribution is 0.316. The Labute approximate surface area is 168 Å². The van der Waals surface area contributed by atoms with Crippen LogP contribution >= 0.6 is 0 Å². The summed E-state index contributed by atoms with van der Waals surface area (Å²) in [5.41, 5.74) is 0.274. The molecule has 0 unspecified atom stereocenters. The summed E-state index contributed by atoms with van der Waals surface area (Å²) in [6.45, 7) is 1.83. The van der Waals surface area contributed by atoms with Crippen molar-refractivity contribution in [3.05, 3.63) is 69.5 Å². The van der Waals surface area contributed by atoms with E-state index >= 15 is 0 Å².